The van der Waals surface area contributed by atoms with E-state index in [0.717, 1.165) is 19.6 Å². The van der Waals surface area contributed by atoms with E-state index in [4.69, 9.17) is 9.47 Å². The molecule has 0 bridgehead atoms. The number of hydrogen-bond acceptors (Lipinski definition) is 2. The second-order valence-electron chi connectivity index (χ2n) is 3.28. The molecule has 0 aromatic rings. The van der Waals surface area contributed by atoms with Gasteiger partial charge in [-0.2, -0.15) is 0 Å². The Balaban J connectivity index is 2.10. The van der Waals surface area contributed by atoms with Crippen molar-refractivity contribution >= 4 is 0 Å². The fraction of sp³-hybridized carbons (Fsp3) is 0.600. The molecule has 2 atom stereocenters. The van der Waals surface area contributed by atoms with Gasteiger partial charge in [0.1, 0.15) is 0 Å². The summed E-state index contributed by atoms with van der Waals surface area (Å²) in [6.45, 7) is 5.26. The predicted molar refractivity (Wildman–Crippen MR) is 46.7 cm³/mol. The van der Waals surface area contributed by atoms with Gasteiger partial charge in [-0.25, -0.2) is 0 Å². The van der Waals surface area contributed by atoms with Gasteiger partial charge in [0.25, 0.3) is 0 Å². The van der Waals surface area contributed by atoms with Gasteiger partial charge in [-0.1, -0.05) is 18.7 Å². The Kier molecular flexibility index (Phi) is 2.28. The van der Waals surface area contributed by atoms with Gasteiger partial charge in [0, 0.05) is 12.5 Å². The first kappa shape index (κ1) is 8.02. The number of fused-ring (bicyclic) bond motifs is 1. The molecule has 0 N–H and O–H groups in total. The van der Waals surface area contributed by atoms with Crippen LogP contribution in [0.25, 0.3) is 0 Å². The van der Waals surface area contributed by atoms with Crippen molar-refractivity contribution in [3.63, 3.8) is 0 Å². The van der Waals surface area contributed by atoms with Crippen LogP contribution in [0.4, 0.5) is 0 Å². The molecule has 2 aliphatic heterocycles. The minimum atomic E-state index is 0.0324. The molecule has 0 aromatic heterocycles. The molecule has 12 heavy (non-hydrogen) atoms. The van der Waals surface area contributed by atoms with E-state index in [0.29, 0.717) is 5.92 Å². The Morgan fingerprint density at radius 3 is 3.17 bits per heavy atom. The van der Waals surface area contributed by atoms with Gasteiger partial charge in [0.05, 0.1) is 6.61 Å². The van der Waals surface area contributed by atoms with Crippen LogP contribution in [-0.4, -0.2) is 19.5 Å². The lowest BCUT2D eigenvalue weighted by molar-refractivity contribution is -0.150. The van der Waals surface area contributed by atoms with Crippen molar-refractivity contribution in [2.45, 2.75) is 19.1 Å². The number of ether oxygens (including phenoxy) is 2. The molecular weight excluding hydrogens is 152 g/mol. The van der Waals surface area contributed by atoms with Crippen LogP contribution in [0, 0.1) is 5.92 Å². The third kappa shape index (κ3) is 1.32. The maximum absolute atomic E-state index is 5.48. The molecule has 2 aliphatic rings. The molecule has 2 nitrogen and oxygen atoms in total. The lowest BCUT2D eigenvalue weighted by Gasteiger charge is -2.24. The van der Waals surface area contributed by atoms with E-state index in [9.17, 15) is 0 Å². The minimum Gasteiger partial charge on any atom is -0.352 e. The van der Waals surface area contributed by atoms with Crippen LogP contribution >= 0.6 is 0 Å². The van der Waals surface area contributed by atoms with E-state index in [1.165, 1.54) is 12.0 Å². The molecule has 2 heterocycles. The van der Waals surface area contributed by atoms with Crippen LogP contribution in [0.5, 0.6) is 0 Å². The first-order chi connectivity index (χ1) is 5.92. The van der Waals surface area contributed by atoms with Crippen LogP contribution < -0.4 is 0 Å². The van der Waals surface area contributed by atoms with E-state index in [2.05, 4.69) is 12.7 Å². The smallest absolute Gasteiger partial charge is 0.164 e. The second kappa shape index (κ2) is 3.42. The lowest BCUT2D eigenvalue weighted by atomic mass is 9.94. The summed E-state index contributed by atoms with van der Waals surface area (Å²) >= 11 is 0. The van der Waals surface area contributed by atoms with Crippen molar-refractivity contribution in [3.05, 3.63) is 24.3 Å². The van der Waals surface area contributed by atoms with Crippen LogP contribution in [0.2, 0.25) is 0 Å². The zero-order valence-electron chi connectivity index (χ0n) is 7.16. The molecule has 0 aliphatic carbocycles. The second-order valence-corrected chi connectivity index (χ2v) is 3.28. The molecule has 2 heteroatoms. The molecule has 2 rings (SSSR count). The van der Waals surface area contributed by atoms with Gasteiger partial charge >= 0.3 is 0 Å². The standard InChI is InChI=1S/C10H14O2/c1-2-4-8-7-12-10-9(8)5-3-6-11-10/h2,4,9-10H,1,3,5-7H2/b8-4-. The first-order valence-corrected chi connectivity index (χ1v) is 4.46. The van der Waals surface area contributed by atoms with E-state index < -0.39 is 0 Å². The molecule has 0 radical (unpaired) electrons. The average molecular weight is 166 g/mol. The minimum absolute atomic E-state index is 0.0324. The summed E-state index contributed by atoms with van der Waals surface area (Å²) in [6, 6.07) is 0. The fourth-order valence-electron chi connectivity index (χ4n) is 1.89. The molecular formula is C10H14O2. The third-order valence-electron chi connectivity index (χ3n) is 2.49. The third-order valence-corrected chi connectivity index (χ3v) is 2.49. The van der Waals surface area contributed by atoms with E-state index >= 15 is 0 Å². The predicted octanol–water partition coefficient (Wildman–Crippen LogP) is 1.88. The summed E-state index contributed by atoms with van der Waals surface area (Å²) in [4.78, 5) is 0. The van der Waals surface area contributed by atoms with Gasteiger partial charge in [-0.05, 0) is 18.4 Å². The molecule has 0 amide bonds. The molecule has 0 saturated carbocycles. The van der Waals surface area contributed by atoms with Crippen molar-refractivity contribution < 1.29 is 9.47 Å². The van der Waals surface area contributed by atoms with Crippen LogP contribution in [0.15, 0.2) is 24.3 Å². The fourth-order valence-corrected chi connectivity index (χ4v) is 1.89. The first-order valence-electron chi connectivity index (χ1n) is 4.46. The van der Waals surface area contributed by atoms with Crippen molar-refractivity contribution in [1.29, 1.82) is 0 Å². The lowest BCUT2D eigenvalue weighted by Crippen LogP contribution is -2.26. The zero-order valence-corrected chi connectivity index (χ0v) is 7.16. The average Bonchev–Trinajstić information content (AvgIpc) is 2.50. The van der Waals surface area contributed by atoms with Gasteiger partial charge in [0.2, 0.25) is 0 Å². The number of allylic oxidation sites excluding steroid dienone is 2. The van der Waals surface area contributed by atoms with E-state index in [1.54, 1.807) is 0 Å². The normalized spacial score (nSPS) is 38.2. The Morgan fingerprint density at radius 1 is 1.42 bits per heavy atom. The Labute approximate surface area is 72.9 Å². The zero-order chi connectivity index (χ0) is 8.39. The highest BCUT2D eigenvalue weighted by atomic mass is 16.7. The molecule has 2 unspecified atom stereocenters. The molecule has 0 spiro atoms. The van der Waals surface area contributed by atoms with Crippen molar-refractivity contribution in [2.24, 2.45) is 5.92 Å². The molecule has 2 saturated heterocycles. The van der Waals surface area contributed by atoms with Crippen molar-refractivity contribution in [2.75, 3.05) is 13.2 Å². The number of hydrogen-bond donors (Lipinski definition) is 0. The van der Waals surface area contributed by atoms with Gasteiger partial charge in [-0.15, -0.1) is 0 Å². The van der Waals surface area contributed by atoms with Gasteiger partial charge in [0.15, 0.2) is 6.29 Å². The quantitative estimate of drug-likeness (QED) is 0.592. The SMILES string of the molecule is C=C/C=C1/COC2OCCCC12. The molecule has 0 aromatic carbocycles. The topological polar surface area (TPSA) is 18.5 Å². The Bertz CT molecular complexity index is 208. The largest absolute Gasteiger partial charge is 0.352 e. The summed E-state index contributed by atoms with van der Waals surface area (Å²) in [6.07, 6.45) is 6.27. The summed E-state index contributed by atoms with van der Waals surface area (Å²) in [5.41, 5.74) is 1.34. The number of rotatable bonds is 1. The van der Waals surface area contributed by atoms with E-state index in [1.807, 2.05) is 6.08 Å². The summed E-state index contributed by atoms with van der Waals surface area (Å²) in [5, 5.41) is 0. The Morgan fingerprint density at radius 2 is 2.33 bits per heavy atom. The van der Waals surface area contributed by atoms with E-state index in [-0.39, 0.29) is 6.29 Å². The maximum Gasteiger partial charge on any atom is 0.164 e. The van der Waals surface area contributed by atoms with Crippen LogP contribution in [0.3, 0.4) is 0 Å². The highest BCUT2D eigenvalue weighted by Crippen LogP contribution is 2.34. The monoisotopic (exact) mass is 166 g/mol. The van der Waals surface area contributed by atoms with Crippen molar-refractivity contribution in [3.8, 4) is 0 Å². The van der Waals surface area contributed by atoms with Gasteiger partial charge in [-0.3, -0.25) is 0 Å². The van der Waals surface area contributed by atoms with Crippen LogP contribution in [0.1, 0.15) is 12.8 Å². The van der Waals surface area contributed by atoms with Crippen LogP contribution in [-0.2, 0) is 9.47 Å². The summed E-state index contributed by atoms with van der Waals surface area (Å²) in [5.74, 6) is 0.497. The highest BCUT2D eigenvalue weighted by Gasteiger charge is 2.34. The summed E-state index contributed by atoms with van der Waals surface area (Å²) in [7, 11) is 0. The summed E-state index contributed by atoms with van der Waals surface area (Å²) < 4.78 is 11.0. The maximum atomic E-state index is 5.48. The molecule has 66 valence electrons. The molecule has 2 fully saturated rings. The van der Waals surface area contributed by atoms with Crippen molar-refractivity contribution in [1.82, 2.24) is 0 Å². The Hall–Kier alpha value is -0.600. The highest BCUT2D eigenvalue weighted by molar-refractivity contribution is 5.18. The van der Waals surface area contributed by atoms with Gasteiger partial charge < -0.3 is 9.47 Å².